The van der Waals surface area contributed by atoms with E-state index in [-0.39, 0.29) is 24.6 Å². The molecule has 0 N–H and O–H groups in total. The van der Waals surface area contributed by atoms with Gasteiger partial charge in [0.2, 0.25) is 0 Å². The molecule has 1 atom stereocenters. The molecule has 1 aliphatic heterocycles. The highest BCUT2D eigenvalue weighted by Crippen LogP contribution is 2.19. The zero-order chi connectivity index (χ0) is 18.6. The number of nitrogens with zero attached hydrogens (tertiary/aromatic N) is 2. The molecular formula is C18H25BrN2O4. The van der Waals surface area contributed by atoms with Crippen LogP contribution in [0.1, 0.15) is 27.7 Å². The molecule has 1 saturated heterocycles. The molecule has 0 bridgehead atoms. The molecule has 0 aromatic heterocycles. The molecule has 0 unspecified atom stereocenters. The fraction of sp³-hybridized carbons (Fsp3) is 0.556. The standard InChI is InChI=1S/C18H25BrN2O4/c1-13-11-20(17(23)25-18(2,3)4)8-9-21(13)16(22)12-24-15-7-5-6-14(19)10-15/h5-7,10,13H,8-9,11-12H2,1-4H3/t13-/m0/s1. The van der Waals surface area contributed by atoms with Gasteiger partial charge in [-0.05, 0) is 45.9 Å². The summed E-state index contributed by atoms with van der Waals surface area (Å²) >= 11 is 3.37. The van der Waals surface area contributed by atoms with E-state index in [1.165, 1.54) is 0 Å². The molecular weight excluding hydrogens is 388 g/mol. The number of rotatable bonds is 3. The summed E-state index contributed by atoms with van der Waals surface area (Å²) in [5.74, 6) is 0.555. The van der Waals surface area contributed by atoms with Gasteiger partial charge >= 0.3 is 6.09 Å². The van der Waals surface area contributed by atoms with Gasteiger partial charge in [-0.1, -0.05) is 22.0 Å². The molecule has 1 aliphatic rings. The number of benzene rings is 1. The van der Waals surface area contributed by atoms with Crippen molar-refractivity contribution >= 4 is 27.9 Å². The van der Waals surface area contributed by atoms with Gasteiger partial charge in [0.05, 0.1) is 0 Å². The van der Waals surface area contributed by atoms with Crippen molar-refractivity contribution in [2.24, 2.45) is 0 Å². The van der Waals surface area contributed by atoms with Gasteiger partial charge in [0.15, 0.2) is 6.61 Å². The predicted molar refractivity (Wildman–Crippen MR) is 98.6 cm³/mol. The molecule has 6 nitrogen and oxygen atoms in total. The first-order valence-electron chi connectivity index (χ1n) is 8.31. The number of hydrogen-bond acceptors (Lipinski definition) is 4. The first-order chi connectivity index (χ1) is 11.7. The second kappa shape index (κ2) is 8.08. The summed E-state index contributed by atoms with van der Waals surface area (Å²) in [6.45, 7) is 8.81. The molecule has 2 amide bonds. The third-order valence-corrected chi connectivity index (χ3v) is 4.25. The number of halogens is 1. The maximum atomic E-state index is 12.4. The van der Waals surface area contributed by atoms with Crippen molar-refractivity contribution in [3.8, 4) is 5.75 Å². The number of piperazine rings is 1. The van der Waals surface area contributed by atoms with Crippen LogP contribution in [0, 0.1) is 0 Å². The van der Waals surface area contributed by atoms with E-state index < -0.39 is 5.60 Å². The molecule has 0 spiro atoms. The Labute approximate surface area is 157 Å². The Bertz CT molecular complexity index is 630. The van der Waals surface area contributed by atoms with E-state index in [1.807, 2.05) is 52.0 Å². The van der Waals surface area contributed by atoms with Gasteiger partial charge in [-0.15, -0.1) is 0 Å². The Hall–Kier alpha value is -1.76. The van der Waals surface area contributed by atoms with Crippen LogP contribution in [-0.4, -0.2) is 59.7 Å². The van der Waals surface area contributed by atoms with Gasteiger partial charge in [-0.25, -0.2) is 4.79 Å². The summed E-state index contributed by atoms with van der Waals surface area (Å²) in [7, 11) is 0. The van der Waals surface area contributed by atoms with E-state index in [0.29, 0.717) is 25.4 Å². The third kappa shape index (κ3) is 5.92. The van der Waals surface area contributed by atoms with Gasteiger partial charge < -0.3 is 19.3 Å². The van der Waals surface area contributed by atoms with Crippen LogP contribution in [0.25, 0.3) is 0 Å². The van der Waals surface area contributed by atoms with Crippen molar-refractivity contribution in [1.82, 2.24) is 9.80 Å². The molecule has 1 aromatic rings. The Kier molecular flexibility index (Phi) is 6.32. The fourth-order valence-corrected chi connectivity index (χ4v) is 2.98. The number of hydrogen-bond donors (Lipinski definition) is 0. The van der Waals surface area contributed by atoms with Crippen LogP contribution >= 0.6 is 15.9 Å². The summed E-state index contributed by atoms with van der Waals surface area (Å²) in [6, 6.07) is 7.29. The largest absolute Gasteiger partial charge is 0.484 e. The normalized spacial score (nSPS) is 18.0. The number of ether oxygens (including phenoxy) is 2. The van der Waals surface area contributed by atoms with Crippen molar-refractivity contribution < 1.29 is 19.1 Å². The zero-order valence-electron chi connectivity index (χ0n) is 15.1. The lowest BCUT2D eigenvalue weighted by molar-refractivity contribution is -0.137. The van der Waals surface area contributed by atoms with E-state index in [9.17, 15) is 9.59 Å². The minimum Gasteiger partial charge on any atom is -0.484 e. The Morgan fingerprint density at radius 1 is 1.28 bits per heavy atom. The lowest BCUT2D eigenvalue weighted by atomic mass is 10.2. The first kappa shape index (κ1) is 19.6. The average Bonchev–Trinajstić information content (AvgIpc) is 2.51. The van der Waals surface area contributed by atoms with Crippen molar-refractivity contribution in [2.75, 3.05) is 26.2 Å². The Balaban J connectivity index is 1.86. The van der Waals surface area contributed by atoms with Crippen LogP contribution in [0.4, 0.5) is 4.79 Å². The topological polar surface area (TPSA) is 59.1 Å². The molecule has 7 heteroatoms. The maximum absolute atomic E-state index is 12.4. The molecule has 1 heterocycles. The highest BCUT2D eigenvalue weighted by Gasteiger charge is 2.32. The van der Waals surface area contributed by atoms with Gasteiger partial charge in [0.25, 0.3) is 5.91 Å². The quantitative estimate of drug-likeness (QED) is 0.763. The molecule has 0 saturated carbocycles. The smallest absolute Gasteiger partial charge is 0.410 e. The molecule has 1 fully saturated rings. The van der Waals surface area contributed by atoms with Crippen molar-refractivity contribution in [2.45, 2.75) is 39.3 Å². The number of carbonyl (C=O) groups excluding carboxylic acids is 2. The monoisotopic (exact) mass is 412 g/mol. The van der Waals surface area contributed by atoms with Gasteiger partial charge in [0, 0.05) is 30.1 Å². The number of amides is 2. The molecule has 1 aromatic carbocycles. The van der Waals surface area contributed by atoms with Crippen LogP contribution < -0.4 is 4.74 Å². The van der Waals surface area contributed by atoms with E-state index in [4.69, 9.17) is 9.47 Å². The molecule has 138 valence electrons. The van der Waals surface area contributed by atoms with Gasteiger partial charge in [0.1, 0.15) is 11.4 Å². The lowest BCUT2D eigenvalue weighted by Gasteiger charge is -2.40. The summed E-state index contributed by atoms with van der Waals surface area (Å²) in [6.07, 6.45) is -0.336. The van der Waals surface area contributed by atoms with Gasteiger partial charge in [-0.2, -0.15) is 0 Å². The van der Waals surface area contributed by atoms with E-state index in [1.54, 1.807) is 9.80 Å². The SMILES string of the molecule is C[C@H]1CN(C(=O)OC(C)(C)C)CCN1C(=O)COc1cccc(Br)c1. The van der Waals surface area contributed by atoms with Crippen LogP contribution in [0.15, 0.2) is 28.7 Å². The van der Waals surface area contributed by atoms with Crippen molar-refractivity contribution in [1.29, 1.82) is 0 Å². The van der Waals surface area contributed by atoms with Crippen LogP contribution in [-0.2, 0) is 9.53 Å². The van der Waals surface area contributed by atoms with Crippen LogP contribution in [0.3, 0.4) is 0 Å². The fourth-order valence-electron chi connectivity index (χ4n) is 2.61. The second-order valence-corrected chi connectivity index (χ2v) is 8.02. The maximum Gasteiger partial charge on any atom is 0.410 e. The minimum absolute atomic E-state index is 0.0206. The third-order valence-electron chi connectivity index (χ3n) is 3.76. The van der Waals surface area contributed by atoms with Crippen LogP contribution in [0.2, 0.25) is 0 Å². The molecule has 2 rings (SSSR count). The van der Waals surface area contributed by atoms with E-state index in [0.717, 1.165) is 4.47 Å². The predicted octanol–water partition coefficient (Wildman–Crippen LogP) is 3.30. The summed E-state index contributed by atoms with van der Waals surface area (Å²) < 4.78 is 11.9. The zero-order valence-corrected chi connectivity index (χ0v) is 16.7. The Morgan fingerprint density at radius 3 is 2.60 bits per heavy atom. The summed E-state index contributed by atoms with van der Waals surface area (Å²) in [5, 5.41) is 0. The minimum atomic E-state index is -0.523. The average molecular weight is 413 g/mol. The molecule has 0 aliphatic carbocycles. The summed E-state index contributed by atoms with van der Waals surface area (Å²) in [4.78, 5) is 28.0. The van der Waals surface area contributed by atoms with Crippen molar-refractivity contribution in [3.63, 3.8) is 0 Å². The van der Waals surface area contributed by atoms with Crippen molar-refractivity contribution in [3.05, 3.63) is 28.7 Å². The van der Waals surface area contributed by atoms with E-state index in [2.05, 4.69) is 15.9 Å². The van der Waals surface area contributed by atoms with Gasteiger partial charge in [-0.3, -0.25) is 4.79 Å². The highest BCUT2D eigenvalue weighted by molar-refractivity contribution is 9.10. The number of carbonyl (C=O) groups is 2. The lowest BCUT2D eigenvalue weighted by Crippen LogP contribution is -2.56. The first-order valence-corrected chi connectivity index (χ1v) is 9.11. The molecule has 0 radical (unpaired) electrons. The Morgan fingerprint density at radius 2 is 2.00 bits per heavy atom. The second-order valence-electron chi connectivity index (χ2n) is 7.11. The summed E-state index contributed by atoms with van der Waals surface area (Å²) in [5.41, 5.74) is -0.523. The van der Waals surface area contributed by atoms with E-state index >= 15 is 0 Å². The van der Waals surface area contributed by atoms with Crippen LogP contribution in [0.5, 0.6) is 5.75 Å². The highest BCUT2D eigenvalue weighted by atomic mass is 79.9. The molecule has 25 heavy (non-hydrogen) atoms.